The van der Waals surface area contributed by atoms with Gasteiger partial charge in [-0.1, -0.05) is 24.3 Å². The van der Waals surface area contributed by atoms with Crippen LogP contribution in [0.5, 0.6) is 0 Å². The van der Waals surface area contributed by atoms with Crippen LogP contribution in [0, 0.1) is 0 Å². The fraction of sp³-hybridized carbons (Fsp3) is 0.455. The molecule has 0 saturated carbocycles. The molecular formula is C22H28N2O6S2. The van der Waals surface area contributed by atoms with E-state index in [2.05, 4.69) is 9.44 Å². The molecule has 2 aromatic carbocycles. The minimum atomic E-state index is -3.61. The third-order valence-electron chi connectivity index (χ3n) is 5.71. The molecule has 0 spiro atoms. The third kappa shape index (κ3) is 5.75. The van der Waals surface area contributed by atoms with Crippen LogP contribution in [0.4, 0.5) is 0 Å². The average molecular weight is 481 g/mol. The lowest BCUT2D eigenvalue weighted by Crippen LogP contribution is -2.31. The summed E-state index contributed by atoms with van der Waals surface area (Å²) in [6.07, 6.45) is 3.48. The molecule has 0 aromatic heterocycles. The van der Waals surface area contributed by atoms with E-state index in [1.165, 1.54) is 0 Å². The molecule has 2 heterocycles. The Hall–Kier alpha value is -1.82. The minimum Gasteiger partial charge on any atom is -0.377 e. The van der Waals surface area contributed by atoms with Crippen LogP contribution in [0.3, 0.4) is 0 Å². The highest BCUT2D eigenvalue weighted by Gasteiger charge is 2.21. The minimum absolute atomic E-state index is 0.0704. The number of hydrogen-bond donors (Lipinski definition) is 2. The molecule has 0 aliphatic carbocycles. The van der Waals surface area contributed by atoms with E-state index in [1.807, 2.05) is 0 Å². The molecule has 4 rings (SSSR count). The summed E-state index contributed by atoms with van der Waals surface area (Å²) in [4.78, 5) is 0.355. The van der Waals surface area contributed by atoms with Gasteiger partial charge in [-0.05, 0) is 61.1 Å². The van der Waals surface area contributed by atoms with Crippen molar-refractivity contribution < 1.29 is 26.3 Å². The van der Waals surface area contributed by atoms with E-state index in [0.717, 1.165) is 36.8 Å². The van der Waals surface area contributed by atoms with E-state index in [4.69, 9.17) is 9.47 Å². The largest absolute Gasteiger partial charge is 0.377 e. The first-order valence-electron chi connectivity index (χ1n) is 10.8. The number of sulfonamides is 2. The number of ether oxygens (including phenoxy) is 2. The summed E-state index contributed by atoms with van der Waals surface area (Å²) >= 11 is 0. The molecule has 2 fully saturated rings. The Balaban J connectivity index is 1.39. The lowest BCUT2D eigenvalue weighted by molar-refractivity contribution is 0.114. The summed E-state index contributed by atoms with van der Waals surface area (Å²) < 4.78 is 66.1. The van der Waals surface area contributed by atoms with Gasteiger partial charge in [0.15, 0.2) is 0 Å². The van der Waals surface area contributed by atoms with Crippen molar-refractivity contribution in [2.75, 3.05) is 26.3 Å². The highest BCUT2D eigenvalue weighted by Crippen LogP contribution is 2.23. The summed E-state index contributed by atoms with van der Waals surface area (Å²) in [5.74, 6) is 0. The molecular weight excluding hydrogens is 452 g/mol. The van der Waals surface area contributed by atoms with Crippen LogP contribution in [0.1, 0.15) is 25.7 Å². The van der Waals surface area contributed by atoms with Gasteiger partial charge < -0.3 is 9.47 Å². The van der Waals surface area contributed by atoms with Crippen LogP contribution in [0.25, 0.3) is 11.1 Å². The van der Waals surface area contributed by atoms with Crippen molar-refractivity contribution in [1.82, 2.24) is 9.44 Å². The number of hydrogen-bond acceptors (Lipinski definition) is 6. The predicted octanol–water partition coefficient (Wildman–Crippen LogP) is 2.27. The quantitative estimate of drug-likeness (QED) is 0.570. The smallest absolute Gasteiger partial charge is 0.240 e. The molecule has 2 aliphatic rings. The molecule has 174 valence electrons. The number of rotatable bonds is 9. The van der Waals surface area contributed by atoms with Crippen LogP contribution >= 0.6 is 0 Å². The van der Waals surface area contributed by atoms with Crippen LogP contribution < -0.4 is 9.44 Å². The normalized spacial score (nSPS) is 21.8. The van der Waals surface area contributed by atoms with Gasteiger partial charge in [-0.25, -0.2) is 26.3 Å². The SMILES string of the molecule is O=S(=O)(NC[C@@H]1CCCO1)c1ccc(-c2ccc(S(=O)(=O)NC[C@@H]3CCCO3)cc2)cc1. The Morgan fingerprint density at radius 3 is 1.34 bits per heavy atom. The standard InChI is InChI=1S/C22H28N2O6S2/c25-31(26,23-15-19-3-1-13-29-19)21-9-5-17(6-10-21)18-7-11-22(12-8-18)32(27,28)24-16-20-4-2-14-30-20/h5-12,19-20,23-24H,1-4,13-16H2/t19-,20-/m0/s1. The van der Waals surface area contributed by atoms with Gasteiger partial charge in [0.1, 0.15) is 0 Å². The molecule has 0 unspecified atom stereocenters. The van der Waals surface area contributed by atoms with Gasteiger partial charge in [0.2, 0.25) is 20.0 Å². The molecule has 2 N–H and O–H groups in total. The molecule has 2 aromatic rings. The zero-order chi connectivity index (χ0) is 22.6. The maximum Gasteiger partial charge on any atom is 0.240 e. The average Bonchev–Trinajstić information content (AvgIpc) is 3.51. The van der Waals surface area contributed by atoms with E-state index in [9.17, 15) is 16.8 Å². The van der Waals surface area contributed by atoms with Crippen molar-refractivity contribution in [3.8, 4) is 11.1 Å². The Morgan fingerprint density at radius 2 is 1.03 bits per heavy atom. The van der Waals surface area contributed by atoms with E-state index in [1.54, 1.807) is 48.5 Å². The topological polar surface area (TPSA) is 111 Å². The van der Waals surface area contributed by atoms with Crippen molar-refractivity contribution in [2.24, 2.45) is 0 Å². The second-order valence-corrected chi connectivity index (χ2v) is 11.6. The van der Waals surface area contributed by atoms with E-state index >= 15 is 0 Å². The number of benzene rings is 2. The molecule has 10 heteroatoms. The van der Waals surface area contributed by atoms with Gasteiger partial charge in [0, 0.05) is 26.3 Å². The second-order valence-electron chi connectivity index (χ2n) is 8.02. The van der Waals surface area contributed by atoms with Crippen molar-refractivity contribution in [1.29, 1.82) is 0 Å². The Kier molecular flexibility index (Phi) is 7.28. The zero-order valence-corrected chi connectivity index (χ0v) is 19.3. The highest BCUT2D eigenvalue weighted by atomic mass is 32.2. The maximum absolute atomic E-state index is 12.5. The molecule has 0 radical (unpaired) electrons. The summed E-state index contributed by atoms with van der Waals surface area (Å²) in [7, 11) is -7.23. The summed E-state index contributed by atoms with van der Waals surface area (Å²) in [6.45, 7) is 1.88. The molecule has 0 bridgehead atoms. The van der Waals surface area contributed by atoms with Crippen molar-refractivity contribution in [3.05, 3.63) is 48.5 Å². The van der Waals surface area contributed by atoms with Crippen LogP contribution in [0.2, 0.25) is 0 Å². The Bertz CT molecular complexity index is 1010. The van der Waals surface area contributed by atoms with Gasteiger partial charge in [-0.3, -0.25) is 0 Å². The lowest BCUT2D eigenvalue weighted by Gasteiger charge is -2.12. The fourth-order valence-electron chi connectivity index (χ4n) is 3.84. The lowest BCUT2D eigenvalue weighted by atomic mass is 10.1. The molecule has 2 saturated heterocycles. The van der Waals surface area contributed by atoms with Gasteiger partial charge in [0.25, 0.3) is 0 Å². The third-order valence-corrected chi connectivity index (χ3v) is 8.59. The van der Waals surface area contributed by atoms with Gasteiger partial charge >= 0.3 is 0 Å². The highest BCUT2D eigenvalue weighted by molar-refractivity contribution is 7.89. The Labute approximate surface area is 189 Å². The van der Waals surface area contributed by atoms with E-state index in [0.29, 0.717) is 13.2 Å². The van der Waals surface area contributed by atoms with E-state index in [-0.39, 0.29) is 35.1 Å². The first kappa shape index (κ1) is 23.3. The van der Waals surface area contributed by atoms with Crippen LogP contribution in [0.15, 0.2) is 58.3 Å². The van der Waals surface area contributed by atoms with Gasteiger partial charge in [-0.15, -0.1) is 0 Å². The van der Waals surface area contributed by atoms with Gasteiger partial charge in [-0.2, -0.15) is 0 Å². The summed E-state index contributed by atoms with van der Waals surface area (Å²) in [5.41, 5.74) is 1.58. The molecule has 32 heavy (non-hydrogen) atoms. The van der Waals surface area contributed by atoms with Crippen LogP contribution in [-0.2, 0) is 29.5 Å². The van der Waals surface area contributed by atoms with Gasteiger partial charge in [0.05, 0.1) is 22.0 Å². The van der Waals surface area contributed by atoms with Crippen LogP contribution in [-0.4, -0.2) is 55.3 Å². The number of nitrogens with one attached hydrogen (secondary N) is 2. The van der Waals surface area contributed by atoms with Crippen molar-refractivity contribution in [2.45, 2.75) is 47.7 Å². The Morgan fingerprint density at radius 1 is 0.656 bits per heavy atom. The fourth-order valence-corrected chi connectivity index (χ4v) is 5.97. The van der Waals surface area contributed by atoms with Crippen molar-refractivity contribution >= 4 is 20.0 Å². The summed E-state index contributed by atoms with van der Waals surface area (Å²) in [6, 6.07) is 13.0. The molecule has 2 atom stereocenters. The summed E-state index contributed by atoms with van der Waals surface area (Å²) in [5, 5.41) is 0. The zero-order valence-electron chi connectivity index (χ0n) is 17.7. The molecule has 2 aliphatic heterocycles. The first-order chi connectivity index (χ1) is 15.3. The molecule has 8 nitrogen and oxygen atoms in total. The van der Waals surface area contributed by atoms with Crippen molar-refractivity contribution in [3.63, 3.8) is 0 Å². The maximum atomic E-state index is 12.5. The molecule has 0 amide bonds. The first-order valence-corrected chi connectivity index (χ1v) is 13.7. The second kappa shape index (κ2) is 9.98. The van der Waals surface area contributed by atoms with E-state index < -0.39 is 20.0 Å². The predicted molar refractivity (Wildman–Crippen MR) is 120 cm³/mol. The monoisotopic (exact) mass is 480 g/mol.